The van der Waals surface area contributed by atoms with Gasteiger partial charge in [0.15, 0.2) is 5.16 Å². The molecule has 0 aliphatic carbocycles. The molecule has 8 nitrogen and oxygen atoms in total. The van der Waals surface area contributed by atoms with Crippen molar-refractivity contribution >= 4 is 40.2 Å². The zero-order valence-corrected chi connectivity index (χ0v) is 15.4. The number of nitrogen functional groups attached to an aromatic ring is 1. The number of hydrogen-bond donors (Lipinski definition) is 2. The maximum Gasteiger partial charge on any atom is 0.257 e. The normalized spacial score (nSPS) is 11.0. The van der Waals surface area contributed by atoms with Crippen LogP contribution in [0, 0.1) is 6.92 Å². The van der Waals surface area contributed by atoms with Gasteiger partial charge < -0.3 is 15.8 Å². The van der Waals surface area contributed by atoms with Crippen molar-refractivity contribution in [2.45, 2.75) is 12.1 Å². The molecule has 2 heterocycles. The first-order valence-electron chi connectivity index (χ1n) is 8.06. The van der Waals surface area contributed by atoms with Gasteiger partial charge in [0.25, 0.3) is 5.91 Å². The lowest BCUT2D eigenvalue weighted by atomic mass is 10.2. The van der Waals surface area contributed by atoms with Crippen LogP contribution < -0.4 is 11.1 Å². The Morgan fingerprint density at radius 3 is 2.88 bits per heavy atom. The lowest BCUT2D eigenvalue weighted by molar-refractivity contribution is 0.0924. The summed E-state index contributed by atoms with van der Waals surface area (Å²) in [6.07, 6.45) is 0. The zero-order valence-electron chi connectivity index (χ0n) is 14.6. The first-order valence-corrected chi connectivity index (χ1v) is 9.05. The van der Waals surface area contributed by atoms with Gasteiger partial charge in [-0.15, -0.1) is 5.10 Å². The first-order chi connectivity index (χ1) is 12.6. The predicted octanol–water partition coefficient (Wildman–Crippen LogP) is 2.21. The van der Waals surface area contributed by atoms with Crippen LogP contribution in [0.3, 0.4) is 0 Å². The van der Waals surface area contributed by atoms with Crippen LogP contribution in [0.5, 0.6) is 0 Å². The molecule has 9 heteroatoms. The molecule has 3 aromatic rings. The minimum absolute atomic E-state index is 0.164. The van der Waals surface area contributed by atoms with E-state index >= 15 is 0 Å². The molecule has 0 aliphatic rings. The summed E-state index contributed by atoms with van der Waals surface area (Å²) < 4.78 is 6.38. The van der Waals surface area contributed by atoms with Crippen LogP contribution in [0.25, 0.3) is 10.9 Å². The number of anilines is 2. The SMILES string of the molecule is COCCNc1nc(SCC(=O)n2nc(N)cc2C)nc2ccccc12. The summed E-state index contributed by atoms with van der Waals surface area (Å²) in [7, 11) is 1.65. The van der Waals surface area contributed by atoms with Crippen molar-refractivity contribution in [2.75, 3.05) is 37.1 Å². The van der Waals surface area contributed by atoms with Crippen LogP contribution >= 0.6 is 11.8 Å². The van der Waals surface area contributed by atoms with Gasteiger partial charge in [-0.1, -0.05) is 23.9 Å². The summed E-state index contributed by atoms with van der Waals surface area (Å²) in [5.41, 5.74) is 7.15. The fraction of sp³-hybridized carbons (Fsp3) is 0.294. The smallest absolute Gasteiger partial charge is 0.257 e. The molecule has 136 valence electrons. The number of aromatic nitrogens is 4. The molecule has 0 saturated heterocycles. The summed E-state index contributed by atoms with van der Waals surface area (Å²) >= 11 is 1.26. The van der Waals surface area contributed by atoms with Gasteiger partial charge in [0, 0.05) is 30.8 Å². The Balaban J connectivity index is 1.78. The summed E-state index contributed by atoms with van der Waals surface area (Å²) in [5, 5.41) is 8.71. The molecule has 2 aromatic heterocycles. The third kappa shape index (κ3) is 4.12. The zero-order chi connectivity index (χ0) is 18.5. The summed E-state index contributed by atoms with van der Waals surface area (Å²) in [6.45, 7) is 2.99. The fourth-order valence-corrected chi connectivity index (χ4v) is 3.16. The third-order valence-electron chi connectivity index (χ3n) is 3.65. The molecule has 0 aliphatic heterocycles. The van der Waals surface area contributed by atoms with Crippen molar-refractivity contribution < 1.29 is 9.53 Å². The highest BCUT2D eigenvalue weighted by molar-refractivity contribution is 7.99. The van der Waals surface area contributed by atoms with E-state index < -0.39 is 0 Å². The van der Waals surface area contributed by atoms with Crippen LogP contribution in [0.2, 0.25) is 0 Å². The number of aryl methyl sites for hydroxylation is 1. The van der Waals surface area contributed by atoms with Gasteiger partial charge in [-0.2, -0.15) is 0 Å². The number of nitrogens with one attached hydrogen (secondary N) is 1. The van der Waals surface area contributed by atoms with E-state index in [1.165, 1.54) is 16.4 Å². The van der Waals surface area contributed by atoms with Gasteiger partial charge >= 0.3 is 0 Å². The van der Waals surface area contributed by atoms with E-state index in [2.05, 4.69) is 20.4 Å². The lowest BCUT2D eigenvalue weighted by Gasteiger charge is -2.10. The highest BCUT2D eigenvalue weighted by atomic mass is 32.2. The molecular weight excluding hydrogens is 352 g/mol. The Morgan fingerprint density at radius 1 is 1.35 bits per heavy atom. The number of carbonyl (C=O) groups is 1. The fourth-order valence-electron chi connectivity index (χ4n) is 2.46. The van der Waals surface area contributed by atoms with Crippen LogP contribution in [0.15, 0.2) is 35.5 Å². The van der Waals surface area contributed by atoms with E-state index in [-0.39, 0.29) is 11.7 Å². The van der Waals surface area contributed by atoms with Crippen molar-refractivity contribution in [2.24, 2.45) is 0 Å². The number of ether oxygens (including phenoxy) is 1. The number of carbonyl (C=O) groups excluding carboxylic acids is 1. The van der Waals surface area contributed by atoms with Gasteiger partial charge in [0.05, 0.1) is 17.9 Å². The topological polar surface area (TPSA) is 108 Å². The number of hydrogen-bond acceptors (Lipinski definition) is 8. The van der Waals surface area contributed by atoms with Gasteiger partial charge in [0.1, 0.15) is 11.6 Å². The molecule has 0 bridgehead atoms. The average molecular weight is 372 g/mol. The molecule has 26 heavy (non-hydrogen) atoms. The molecule has 0 unspecified atom stereocenters. The third-order valence-corrected chi connectivity index (χ3v) is 4.48. The molecule has 0 atom stereocenters. The number of para-hydroxylation sites is 1. The van der Waals surface area contributed by atoms with E-state index in [0.29, 0.717) is 29.8 Å². The van der Waals surface area contributed by atoms with E-state index in [9.17, 15) is 4.79 Å². The monoisotopic (exact) mass is 372 g/mol. The Bertz CT molecular complexity index is 927. The molecular formula is C17H20N6O2S. The second kappa shape index (κ2) is 8.15. The van der Waals surface area contributed by atoms with Crippen molar-refractivity contribution in [3.8, 4) is 0 Å². The molecule has 0 amide bonds. The molecule has 0 radical (unpaired) electrons. The average Bonchev–Trinajstić information content (AvgIpc) is 2.98. The standard InChI is InChI=1S/C17H20N6O2S/c1-11-9-14(18)22-23(11)15(24)10-26-17-20-13-6-4-3-5-12(13)16(21-17)19-7-8-25-2/h3-6,9H,7-8,10H2,1-2H3,(H2,18,22)(H,19,20,21). The maximum absolute atomic E-state index is 12.3. The largest absolute Gasteiger partial charge is 0.383 e. The second-order valence-corrected chi connectivity index (χ2v) is 6.54. The van der Waals surface area contributed by atoms with E-state index in [4.69, 9.17) is 10.5 Å². The highest BCUT2D eigenvalue weighted by Gasteiger charge is 2.13. The van der Waals surface area contributed by atoms with Crippen molar-refractivity contribution in [1.29, 1.82) is 0 Å². The molecule has 3 rings (SSSR count). The van der Waals surface area contributed by atoms with Crippen LogP contribution in [0.1, 0.15) is 10.5 Å². The number of rotatable bonds is 7. The number of thioether (sulfide) groups is 1. The van der Waals surface area contributed by atoms with E-state index in [1.54, 1.807) is 20.1 Å². The van der Waals surface area contributed by atoms with Crippen LogP contribution in [0.4, 0.5) is 11.6 Å². The number of methoxy groups -OCH3 is 1. The van der Waals surface area contributed by atoms with Gasteiger partial charge in [-0.05, 0) is 19.1 Å². The van der Waals surface area contributed by atoms with Gasteiger partial charge in [-0.3, -0.25) is 4.79 Å². The second-order valence-electron chi connectivity index (χ2n) is 5.60. The number of fused-ring (bicyclic) bond motifs is 1. The molecule has 0 fully saturated rings. The van der Waals surface area contributed by atoms with Crippen molar-refractivity contribution in [3.63, 3.8) is 0 Å². The number of nitrogens with two attached hydrogens (primary N) is 1. The Labute approximate surface area is 155 Å². The summed E-state index contributed by atoms with van der Waals surface area (Å²) in [5.74, 6) is 1.04. The molecule has 0 saturated carbocycles. The van der Waals surface area contributed by atoms with Gasteiger partial charge in [0.2, 0.25) is 0 Å². The highest BCUT2D eigenvalue weighted by Crippen LogP contribution is 2.24. The molecule has 3 N–H and O–H groups in total. The molecule has 0 spiro atoms. The minimum Gasteiger partial charge on any atom is -0.383 e. The number of benzene rings is 1. The van der Waals surface area contributed by atoms with Gasteiger partial charge in [-0.25, -0.2) is 14.6 Å². The Hall–Kier alpha value is -2.65. The summed E-state index contributed by atoms with van der Waals surface area (Å²) in [6, 6.07) is 9.40. The predicted molar refractivity (Wildman–Crippen MR) is 103 cm³/mol. The first kappa shape index (κ1) is 18.2. The Kier molecular flexibility index (Phi) is 5.69. The van der Waals surface area contributed by atoms with Crippen LogP contribution in [-0.2, 0) is 4.74 Å². The van der Waals surface area contributed by atoms with Crippen LogP contribution in [-0.4, -0.2) is 51.7 Å². The minimum atomic E-state index is -0.171. The van der Waals surface area contributed by atoms with Crippen molar-refractivity contribution in [1.82, 2.24) is 19.7 Å². The lowest BCUT2D eigenvalue weighted by Crippen LogP contribution is -2.17. The van der Waals surface area contributed by atoms with Crippen molar-refractivity contribution in [3.05, 3.63) is 36.0 Å². The Morgan fingerprint density at radius 2 is 2.15 bits per heavy atom. The van der Waals surface area contributed by atoms with E-state index in [0.717, 1.165) is 16.7 Å². The van der Waals surface area contributed by atoms with E-state index in [1.807, 2.05) is 24.3 Å². The number of nitrogens with zero attached hydrogens (tertiary/aromatic N) is 4. The summed E-state index contributed by atoms with van der Waals surface area (Å²) in [4.78, 5) is 21.4. The maximum atomic E-state index is 12.3. The quantitative estimate of drug-likeness (QED) is 0.369. The molecule has 1 aromatic carbocycles.